The van der Waals surface area contributed by atoms with E-state index >= 15 is 0 Å². The van der Waals surface area contributed by atoms with Crippen LogP contribution < -0.4 is 0 Å². The van der Waals surface area contributed by atoms with Gasteiger partial charge in [0, 0.05) is 30.9 Å². The van der Waals surface area contributed by atoms with Gasteiger partial charge in [-0.05, 0) is 51.8 Å². The Hall–Kier alpha value is -2.21. The lowest BCUT2D eigenvalue weighted by Gasteiger charge is -2.34. The van der Waals surface area contributed by atoms with Crippen molar-refractivity contribution in [3.05, 3.63) is 41.3 Å². The highest BCUT2D eigenvalue weighted by molar-refractivity contribution is 5.94. The van der Waals surface area contributed by atoms with Gasteiger partial charge < -0.3 is 10.0 Å². The summed E-state index contributed by atoms with van der Waals surface area (Å²) in [5.41, 5.74) is 2.52. The fourth-order valence-corrected chi connectivity index (χ4v) is 3.27. The highest BCUT2D eigenvalue weighted by Crippen LogP contribution is 2.21. The van der Waals surface area contributed by atoms with Crippen LogP contribution >= 0.6 is 0 Å². The second kappa shape index (κ2) is 6.73. The molecule has 3 heterocycles. The summed E-state index contributed by atoms with van der Waals surface area (Å²) in [5.74, 6) is 0.843. The molecule has 3 rings (SSSR count). The quantitative estimate of drug-likeness (QED) is 0.937. The largest absolute Gasteiger partial charge is 0.393 e. The first kappa shape index (κ1) is 16.6. The number of carbonyl (C=O) groups is 1. The number of rotatable bonds is 3. The molecule has 0 saturated carbocycles. The lowest BCUT2D eigenvalue weighted by Crippen LogP contribution is -2.43. The van der Waals surface area contributed by atoms with Crippen molar-refractivity contribution in [2.45, 2.75) is 39.7 Å². The third-order valence-electron chi connectivity index (χ3n) is 4.65. The number of piperidine rings is 1. The number of aromatic nitrogens is 3. The molecule has 24 heavy (non-hydrogen) atoms. The molecule has 0 radical (unpaired) electrons. The molecule has 6 nitrogen and oxygen atoms in total. The van der Waals surface area contributed by atoms with E-state index in [-0.39, 0.29) is 17.9 Å². The summed E-state index contributed by atoms with van der Waals surface area (Å²) in [6.45, 7) is 7.06. The van der Waals surface area contributed by atoms with E-state index < -0.39 is 0 Å². The van der Waals surface area contributed by atoms with Crippen LogP contribution in [0.25, 0.3) is 5.82 Å². The van der Waals surface area contributed by atoms with Gasteiger partial charge in [-0.25, -0.2) is 9.67 Å². The molecule has 1 saturated heterocycles. The topological polar surface area (TPSA) is 71.2 Å². The Balaban J connectivity index is 1.75. The Kier molecular flexibility index (Phi) is 4.66. The molecule has 1 aliphatic heterocycles. The molecule has 1 amide bonds. The molecule has 0 aliphatic carbocycles. The normalized spacial score (nSPS) is 19.3. The van der Waals surface area contributed by atoms with Gasteiger partial charge in [0.2, 0.25) is 0 Å². The van der Waals surface area contributed by atoms with Gasteiger partial charge in [0.15, 0.2) is 5.82 Å². The first-order valence-electron chi connectivity index (χ1n) is 8.42. The summed E-state index contributed by atoms with van der Waals surface area (Å²) in [6, 6.07) is 5.61. The summed E-state index contributed by atoms with van der Waals surface area (Å²) < 4.78 is 1.77. The van der Waals surface area contributed by atoms with Gasteiger partial charge in [-0.1, -0.05) is 0 Å². The first-order chi connectivity index (χ1) is 11.5. The summed E-state index contributed by atoms with van der Waals surface area (Å²) >= 11 is 0. The van der Waals surface area contributed by atoms with Gasteiger partial charge in [0.05, 0.1) is 17.4 Å². The smallest absolute Gasteiger partial charge is 0.255 e. The van der Waals surface area contributed by atoms with Crippen molar-refractivity contribution in [2.24, 2.45) is 5.92 Å². The minimum Gasteiger partial charge on any atom is -0.393 e. The zero-order valence-electron chi connectivity index (χ0n) is 14.4. The summed E-state index contributed by atoms with van der Waals surface area (Å²) in [6.07, 6.45) is 3.13. The van der Waals surface area contributed by atoms with Gasteiger partial charge in [0.25, 0.3) is 5.91 Å². The predicted octanol–water partition coefficient (Wildman–Crippen LogP) is 2.12. The molecule has 1 N–H and O–H groups in total. The van der Waals surface area contributed by atoms with Crippen molar-refractivity contribution in [2.75, 3.05) is 13.1 Å². The zero-order valence-corrected chi connectivity index (χ0v) is 14.4. The van der Waals surface area contributed by atoms with Crippen molar-refractivity contribution in [1.29, 1.82) is 0 Å². The first-order valence-corrected chi connectivity index (χ1v) is 8.42. The van der Waals surface area contributed by atoms with E-state index in [1.165, 1.54) is 0 Å². The third-order valence-corrected chi connectivity index (χ3v) is 4.65. The van der Waals surface area contributed by atoms with E-state index in [0.717, 1.165) is 30.8 Å². The monoisotopic (exact) mass is 328 g/mol. The number of pyridine rings is 1. The van der Waals surface area contributed by atoms with Crippen LogP contribution in [0.15, 0.2) is 24.4 Å². The second-order valence-corrected chi connectivity index (χ2v) is 6.64. The molecular weight excluding hydrogens is 304 g/mol. The Bertz CT molecular complexity index is 721. The number of aliphatic hydroxyl groups is 1. The SMILES string of the molecule is Cc1cc(C)n(-c2ccc(C(=O)N3CCCC(C(C)O)C3)cn2)n1. The zero-order chi connectivity index (χ0) is 17.3. The molecule has 1 fully saturated rings. The molecule has 2 atom stereocenters. The van der Waals surface area contributed by atoms with Crippen LogP contribution in [0.5, 0.6) is 0 Å². The third kappa shape index (κ3) is 3.33. The molecule has 1 aliphatic rings. The Morgan fingerprint density at radius 1 is 1.38 bits per heavy atom. The number of aliphatic hydroxyl groups excluding tert-OH is 1. The Labute approximate surface area is 142 Å². The molecule has 2 aromatic rings. The maximum Gasteiger partial charge on any atom is 0.255 e. The van der Waals surface area contributed by atoms with E-state index in [4.69, 9.17) is 0 Å². The number of hydrogen-bond donors (Lipinski definition) is 1. The van der Waals surface area contributed by atoms with Crippen LogP contribution in [0.1, 0.15) is 41.5 Å². The fourth-order valence-electron chi connectivity index (χ4n) is 3.27. The van der Waals surface area contributed by atoms with Crippen molar-refractivity contribution < 1.29 is 9.90 Å². The Morgan fingerprint density at radius 3 is 2.75 bits per heavy atom. The van der Waals surface area contributed by atoms with Gasteiger partial charge in [0.1, 0.15) is 0 Å². The highest BCUT2D eigenvalue weighted by atomic mass is 16.3. The van der Waals surface area contributed by atoms with Gasteiger partial charge in [-0.3, -0.25) is 4.79 Å². The van der Waals surface area contributed by atoms with Crippen LogP contribution in [0.2, 0.25) is 0 Å². The van der Waals surface area contributed by atoms with E-state index in [9.17, 15) is 9.90 Å². The molecule has 2 unspecified atom stereocenters. The fraction of sp³-hybridized carbons (Fsp3) is 0.500. The van der Waals surface area contributed by atoms with Gasteiger partial charge in [-0.2, -0.15) is 5.10 Å². The Morgan fingerprint density at radius 2 is 2.17 bits per heavy atom. The minimum absolute atomic E-state index is 0.0206. The number of likely N-dealkylation sites (tertiary alicyclic amines) is 1. The highest BCUT2D eigenvalue weighted by Gasteiger charge is 2.27. The van der Waals surface area contributed by atoms with Crippen LogP contribution in [-0.2, 0) is 0 Å². The van der Waals surface area contributed by atoms with Crippen molar-refractivity contribution >= 4 is 5.91 Å². The average molecular weight is 328 g/mol. The maximum atomic E-state index is 12.7. The number of hydrogen-bond acceptors (Lipinski definition) is 4. The number of aryl methyl sites for hydroxylation is 2. The summed E-state index contributed by atoms with van der Waals surface area (Å²) in [4.78, 5) is 18.9. The van der Waals surface area contributed by atoms with Crippen LogP contribution in [-0.4, -0.2) is 49.9 Å². The molecule has 0 spiro atoms. The number of nitrogens with zero attached hydrogens (tertiary/aromatic N) is 4. The minimum atomic E-state index is -0.382. The molecule has 0 aromatic carbocycles. The van der Waals surface area contributed by atoms with Crippen molar-refractivity contribution in [3.63, 3.8) is 0 Å². The maximum absolute atomic E-state index is 12.7. The number of amides is 1. The van der Waals surface area contributed by atoms with Gasteiger partial charge >= 0.3 is 0 Å². The molecule has 6 heteroatoms. The summed E-state index contributed by atoms with van der Waals surface area (Å²) in [5, 5.41) is 14.2. The molecular formula is C18H24N4O2. The lowest BCUT2D eigenvalue weighted by molar-refractivity contribution is 0.0466. The number of carbonyl (C=O) groups excluding carboxylic acids is 1. The van der Waals surface area contributed by atoms with Crippen molar-refractivity contribution in [3.8, 4) is 5.82 Å². The van der Waals surface area contributed by atoms with E-state index in [2.05, 4.69) is 10.1 Å². The van der Waals surface area contributed by atoms with Gasteiger partial charge in [-0.15, -0.1) is 0 Å². The molecule has 0 bridgehead atoms. The van der Waals surface area contributed by atoms with Crippen LogP contribution in [0.3, 0.4) is 0 Å². The second-order valence-electron chi connectivity index (χ2n) is 6.64. The van der Waals surface area contributed by atoms with Crippen molar-refractivity contribution in [1.82, 2.24) is 19.7 Å². The van der Waals surface area contributed by atoms with E-state index in [1.807, 2.05) is 30.9 Å². The predicted molar refractivity (Wildman–Crippen MR) is 91.1 cm³/mol. The standard InChI is InChI=1S/C18H24N4O2/c1-12-9-13(2)22(20-12)17-7-6-15(10-19-17)18(24)21-8-4-5-16(11-21)14(3)23/h6-7,9-10,14,16,23H,4-5,8,11H2,1-3H3. The van der Waals surface area contributed by atoms with E-state index in [0.29, 0.717) is 17.9 Å². The average Bonchev–Trinajstić information content (AvgIpc) is 2.93. The van der Waals surface area contributed by atoms with E-state index in [1.54, 1.807) is 23.9 Å². The molecule has 128 valence electrons. The molecule has 2 aromatic heterocycles. The van der Waals surface area contributed by atoms with Crippen LogP contribution in [0, 0.1) is 19.8 Å². The summed E-state index contributed by atoms with van der Waals surface area (Å²) in [7, 11) is 0. The lowest BCUT2D eigenvalue weighted by atomic mass is 9.93. The van der Waals surface area contributed by atoms with Crippen LogP contribution in [0.4, 0.5) is 0 Å².